The van der Waals surface area contributed by atoms with E-state index in [1.165, 1.54) is 5.56 Å². The van der Waals surface area contributed by atoms with Crippen LogP contribution in [0.3, 0.4) is 0 Å². The third kappa shape index (κ3) is 8.25. The van der Waals surface area contributed by atoms with E-state index in [-0.39, 0.29) is 12.5 Å². The summed E-state index contributed by atoms with van der Waals surface area (Å²) in [5, 5.41) is 8.40. The highest BCUT2D eigenvalue weighted by molar-refractivity contribution is 7.21. The molecule has 1 amide bonds. The summed E-state index contributed by atoms with van der Waals surface area (Å²) < 4.78 is 9.40. The summed E-state index contributed by atoms with van der Waals surface area (Å²) in [4.78, 5) is 14.8. The smallest absolute Gasteiger partial charge is 0.335 e. The predicted molar refractivity (Wildman–Crippen MR) is 152 cm³/mol. The van der Waals surface area contributed by atoms with Gasteiger partial charge in [0.2, 0.25) is 5.91 Å². The molecule has 1 aromatic heterocycles. The zero-order valence-corrected chi connectivity index (χ0v) is 23.6. The number of nitrogens with zero attached hydrogens (tertiary/aromatic N) is 3. The van der Waals surface area contributed by atoms with E-state index in [4.69, 9.17) is 10.3 Å². The molecule has 37 heavy (non-hydrogen) atoms. The average Bonchev–Trinajstić information content (AvgIpc) is 3.23. The molecular formula is C29H42N5O2S+. The fraction of sp³-hybridized carbons (Fsp3) is 0.517. The molecule has 1 heterocycles. The fourth-order valence-electron chi connectivity index (χ4n) is 4.11. The van der Waals surface area contributed by atoms with Gasteiger partial charge in [0.25, 0.3) is 0 Å². The molecule has 0 unspecified atom stereocenters. The number of ether oxygens (including phenoxy) is 1. The second-order valence-corrected chi connectivity index (χ2v) is 10.9. The highest BCUT2D eigenvalue weighted by Crippen LogP contribution is 2.36. The summed E-state index contributed by atoms with van der Waals surface area (Å²) >= 11 is 1.66. The highest BCUT2D eigenvalue weighted by Gasteiger charge is 2.22. The minimum atomic E-state index is 0.127. The van der Waals surface area contributed by atoms with Crippen molar-refractivity contribution in [2.45, 2.75) is 66.3 Å². The Bertz CT molecular complexity index is 1140. The van der Waals surface area contributed by atoms with Gasteiger partial charge in [-0.15, -0.1) is 0 Å². The molecule has 0 aliphatic carbocycles. The monoisotopic (exact) mass is 524 g/mol. The van der Waals surface area contributed by atoms with Crippen LogP contribution in [-0.4, -0.2) is 37.0 Å². The van der Waals surface area contributed by atoms with Crippen LogP contribution < -0.4 is 14.6 Å². The number of benzene rings is 2. The van der Waals surface area contributed by atoms with Crippen LogP contribution in [0.15, 0.2) is 47.6 Å². The summed E-state index contributed by atoms with van der Waals surface area (Å²) in [7, 11) is 0. The summed E-state index contributed by atoms with van der Waals surface area (Å²) in [5.41, 5.74) is 10.5. The van der Waals surface area contributed by atoms with Crippen molar-refractivity contribution >= 4 is 38.3 Å². The number of carbonyl (C=O) groups excluding carboxylic acids is 1. The predicted octanol–water partition coefficient (Wildman–Crippen LogP) is 7.17. The third-order valence-electron chi connectivity index (χ3n) is 6.24. The number of unbranched alkanes of at least 4 members (excludes halogenated alkanes) is 2. The van der Waals surface area contributed by atoms with Crippen molar-refractivity contribution in [1.29, 1.82) is 5.53 Å². The van der Waals surface area contributed by atoms with E-state index in [1.807, 2.05) is 23.1 Å². The fourth-order valence-corrected chi connectivity index (χ4v) is 5.20. The first kappa shape index (κ1) is 28.6. The minimum absolute atomic E-state index is 0.127. The first-order valence-electron chi connectivity index (χ1n) is 13.5. The summed E-state index contributed by atoms with van der Waals surface area (Å²) in [6, 6.07) is 14.3. The Hall–Kier alpha value is -3.00. The van der Waals surface area contributed by atoms with Gasteiger partial charge in [-0.1, -0.05) is 70.9 Å². The van der Waals surface area contributed by atoms with E-state index in [9.17, 15) is 4.79 Å². The van der Waals surface area contributed by atoms with Gasteiger partial charge in [-0.25, -0.2) is 10.1 Å². The molecule has 0 atom stereocenters. The van der Waals surface area contributed by atoms with Crippen molar-refractivity contribution < 1.29 is 14.1 Å². The second kappa shape index (κ2) is 14.7. The van der Waals surface area contributed by atoms with E-state index in [0.29, 0.717) is 23.8 Å². The zero-order valence-electron chi connectivity index (χ0n) is 22.8. The quantitative estimate of drug-likeness (QED) is 0.154. The average molecular weight is 525 g/mol. The van der Waals surface area contributed by atoms with Crippen molar-refractivity contribution in [1.82, 2.24) is 4.90 Å². The molecule has 2 N–H and O–H groups in total. The molecule has 2 aromatic carbocycles. The third-order valence-corrected chi connectivity index (χ3v) is 7.34. The Morgan fingerprint density at radius 3 is 2.46 bits per heavy atom. The van der Waals surface area contributed by atoms with Gasteiger partial charge < -0.3 is 9.64 Å². The molecule has 0 aliphatic heterocycles. The molecule has 3 rings (SSSR count). The van der Waals surface area contributed by atoms with Crippen molar-refractivity contribution in [2.24, 2.45) is 11.0 Å². The van der Waals surface area contributed by atoms with E-state index in [2.05, 4.69) is 67.0 Å². The number of hydrogen-bond acceptors (Lipinski definition) is 6. The summed E-state index contributed by atoms with van der Waals surface area (Å²) in [5.74, 6) is 1.18. The number of nitrogens with one attached hydrogen (secondary N) is 2. The molecule has 0 bridgehead atoms. The number of thiazole rings is 1. The van der Waals surface area contributed by atoms with E-state index < -0.39 is 0 Å². The van der Waals surface area contributed by atoms with Crippen molar-refractivity contribution in [3.05, 3.63) is 48.0 Å². The first-order valence-corrected chi connectivity index (χ1v) is 14.3. The lowest BCUT2D eigenvalue weighted by Gasteiger charge is -2.22. The molecule has 8 heteroatoms. The maximum absolute atomic E-state index is 12.9. The number of aromatic nitrogens is 1. The van der Waals surface area contributed by atoms with Gasteiger partial charge in [0, 0.05) is 19.2 Å². The van der Waals surface area contributed by atoms with E-state index >= 15 is 0 Å². The maximum Gasteiger partial charge on any atom is 0.335 e. The Morgan fingerprint density at radius 2 is 1.84 bits per heavy atom. The minimum Gasteiger partial charge on any atom is -0.491 e. The lowest BCUT2D eigenvalue weighted by molar-refractivity contribution is -0.644. The summed E-state index contributed by atoms with van der Waals surface area (Å²) in [6.45, 7) is 12.1. The number of fused-ring (bicyclic) bond motifs is 1. The number of carbonyl (C=O) groups is 1. The lowest BCUT2D eigenvalue weighted by atomic mass is 10.2. The topological polar surface area (TPSA) is 81.7 Å². The van der Waals surface area contributed by atoms with Crippen LogP contribution in [0.4, 0.5) is 10.8 Å². The highest BCUT2D eigenvalue weighted by atomic mass is 32.1. The molecule has 0 radical (unpaired) electrons. The molecule has 200 valence electrons. The number of amides is 1. The van der Waals surface area contributed by atoms with Crippen LogP contribution in [0.1, 0.15) is 65.4 Å². The maximum atomic E-state index is 12.9. The van der Waals surface area contributed by atoms with Gasteiger partial charge in [0.1, 0.15) is 17.7 Å². The van der Waals surface area contributed by atoms with Gasteiger partial charge in [-0.3, -0.25) is 10.1 Å². The molecule has 3 aromatic rings. The Kier molecular flexibility index (Phi) is 11.3. The van der Waals surface area contributed by atoms with Gasteiger partial charge in [0.05, 0.1) is 24.3 Å². The molecule has 0 spiro atoms. The van der Waals surface area contributed by atoms with Crippen molar-refractivity contribution in [3.8, 4) is 5.75 Å². The van der Waals surface area contributed by atoms with Crippen molar-refractivity contribution in [2.75, 3.05) is 31.6 Å². The van der Waals surface area contributed by atoms with Crippen LogP contribution in [-0.2, 0) is 11.3 Å². The SMILES string of the molecule is CCCCN(CCCC)C(=O)CCOc1cc2c(cc1N=N)sc(NCC(C)C)[n+]2Cc1ccccc1. The van der Waals surface area contributed by atoms with Crippen LogP contribution in [0.25, 0.3) is 10.2 Å². The van der Waals surface area contributed by atoms with Crippen molar-refractivity contribution in [3.63, 3.8) is 0 Å². The van der Waals surface area contributed by atoms with Crippen LogP contribution in [0.2, 0.25) is 0 Å². The molecule has 7 nitrogen and oxygen atoms in total. The van der Waals surface area contributed by atoms with Gasteiger partial charge in [0.15, 0.2) is 5.75 Å². The normalized spacial score (nSPS) is 11.2. The number of rotatable bonds is 16. The molecular weight excluding hydrogens is 482 g/mol. The Balaban J connectivity index is 1.83. The second-order valence-electron chi connectivity index (χ2n) is 9.84. The van der Waals surface area contributed by atoms with Gasteiger partial charge in [-0.2, -0.15) is 5.11 Å². The van der Waals surface area contributed by atoms with Crippen LogP contribution in [0.5, 0.6) is 5.75 Å². The molecule has 0 aliphatic rings. The first-order chi connectivity index (χ1) is 18.0. The van der Waals surface area contributed by atoms with E-state index in [0.717, 1.165) is 67.2 Å². The van der Waals surface area contributed by atoms with Crippen LogP contribution >= 0.6 is 11.3 Å². The van der Waals surface area contributed by atoms with Gasteiger partial charge in [-0.05, 0) is 41.7 Å². The number of anilines is 1. The standard InChI is InChI=1S/C29H41N5O2S/c1-5-7-15-33(16-8-6-2)28(35)14-17-36-26-19-25-27(18-24(26)32-30)37-29(31-20-22(3)4)34(25)21-23-12-10-9-11-13-23/h9-13,18-19,22,30H,5-8,14-17,20-21H2,1-4H3/p+1. The summed E-state index contributed by atoms with van der Waals surface area (Å²) in [6.07, 6.45) is 4.48. The largest absolute Gasteiger partial charge is 0.491 e. The molecule has 0 fully saturated rings. The molecule has 0 saturated heterocycles. The molecule has 0 saturated carbocycles. The van der Waals surface area contributed by atoms with Gasteiger partial charge >= 0.3 is 5.13 Å². The zero-order chi connectivity index (χ0) is 26.6. The van der Waals surface area contributed by atoms with Crippen LogP contribution in [0, 0.1) is 11.4 Å². The Morgan fingerprint density at radius 1 is 1.14 bits per heavy atom. The Labute approximate surface area is 225 Å². The van der Waals surface area contributed by atoms with E-state index in [1.54, 1.807) is 11.3 Å². The number of hydrogen-bond donors (Lipinski definition) is 2. The lowest BCUT2D eigenvalue weighted by Crippen LogP contribution is -2.36.